The maximum atomic E-state index is 12.3. The van der Waals surface area contributed by atoms with Crippen LogP contribution in [0.1, 0.15) is 24.5 Å². The number of rotatable bonds is 7. The van der Waals surface area contributed by atoms with Crippen LogP contribution < -0.4 is 10.6 Å². The quantitative estimate of drug-likeness (QED) is 0.723. The van der Waals surface area contributed by atoms with Gasteiger partial charge in [-0.2, -0.15) is 0 Å². The molecule has 0 bridgehead atoms. The molecule has 1 saturated heterocycles. The Morgan fingerprint density at radius 1 is 1.07 bits per heavy atom. The normalized spacial score (nSPS) is 16.5. The highest BCUT2D eigenvalue weighted by molar-refractivity contribution is 5.89. The molecule has 1 atom stereocenters. The minimum atomic E-state index is -0.248. The van der Waals surface area contributed by atoms with Crippen molar-refractivity contribution >= 4 is 17.7 Å². The third-order valence-corrected chi connectivity index (χ3v) is 4.72. The fourth-order valence-corrected chi connectivity index (χ4v) is 3.37. The topological polar surface area (TPSA) is 70.7 Å². The van der Waals surface area contributed by atoms with Gasteiger partial charge in [0.2, 0.25) is 0 Å². The van der Waals surface area contributed by atoms with E-state index in [1.807, 2.05) is 30.3 Å². The molecule has 6 heteroatoms. The van der Waals surface area contributed by atoms with E-state index in [0.29, 0.717) is 12.3 Å². The molecule has 1 aliphatic rings. The zero-order chi connectivity index (χ0) is 19.8. The van der Waals surface area contributed by atoms with E-state index in [9.17, 15) is 9.59 Å². The first-order valence-corrected chi connectivity index (χ1v) is 9.70. The average Bonchev–Trinajstić information content (AvgIpc) is 3.11. The van der Waals surface area contributed by atoms with E-state index in [1.54, 1.807) is 19.1 Å². The molecule has 0 unspecified atom stereocenters. The molecule has 2 aromatic carbocycles. The summed E-state index contributed by atoms with van der Waals surface area (Å²) in [6, 6.07) is 17.5. The van der Waals surface area contributed by atoms with E-state index in [0.717, 1.165) is 31.6 Å². The van der Waals surface area contributed by atoms with Crippen LogP contribution in [0.25, 0.3) is 0 Å². The molecule has 1 heterocycles. The van der Waals surface area contributed by atoms with Crippen LogP contribution in [0.15, 0.2) is 54.6 Å². The largest absolute Gasteiger partial charge is 0.466 e. The lowest BCUT2D eigenvalue weighted by molar-refractivity contribution is -0.142. The van der Waals surface area contributed by atoms with Gasteiger partial charge in [-0.05, 0) is 36.6 Å². The second-order valence-electron chi connectivity index (χ2n) is 6.98. The van der Waals surface area contributed by atoms with E-state index in [1.165, 1.54) is 5.56 Å². The first kappa shape index (κ1) is 19.9. The molecule has 1 aliphatic heterocycles. The Bertz CT molecular complexity index is 777. The number of urea groups is 1. The number of likely N-dealkylation sites (tertiary alicyclic amines) is 1. The first-order chi connectivity index (χ1) is 13.6. The van der Waals surface area contributed by atoms with E-state index in [-0.39, 0.29) is 24.5 Å². The highest BCUT2D eigenvalue weighted by atomic mass is 16.5. The van der Waals surface area contributed by atoms with Gasteiger partial charge < -0.3 is 15.4 Å². The summed E-state index contributed by atoms with van der Waals surface area (Å²) in [7, 11) is 0. The highest BCUT2D eigenvalue weighted by Crippen LogP contribution is 2.14. The molecule has 6 nitrogen and oxygen atoms in total. The maximum Gasteiger partial charge on any atom is 0.319 e. The number of amides is 2. The number of esters is 1. The summed E-state index contributed by atoms with van der Waals surface area (Å²) in [5.74, 6) is -0.248. The van der Waals surface area contributed by atoms with Crippen LogP contribution in [0.3, 0.4) is 0 Å². The first-order valence-electron chi connectivity index (χ1n) is 9.70. The van der Waals surface area contributed by atoms with Gasteiger partial charge in [-0.25, -0.2) is 4.79 Å². The highest BCUT2D eigenvalue weighted by Gasteiger charge is 2.23. The fraction of sp³-hybridized carbons (Fsp3) is 0.364. The van der Waals surface area contributed by atoms with Gasteiger partial charge in [0.05, 0.1) is 13.0 Å². The minimum absolute atomic E-state index is 0.145. The Morgan fingerprint density at radius 2 is 1.82 bits per heavy atom. The van der Waals surface area contributed by atoms with Gasteiger partial charge in [-0.1, -0.05) is 42.5 Å². The summed E-state index contributed by atoms with van der Waals surface area (Å²) in [6.45, 7) is 4.89. The van der Waals surface area contributed by atoms with Crippen molar-refractivity contribution in [1.29, 1.82) is 0 Å². The lowest BCUT2D eigenvalue weighted by atomic mass is 10.1. The molecule has 2 aromatic rings. The molecular weight excluding hydrogens is 354 g/mol. The second-order valence-corrected chi connectivity index (χ2v) is 6.98. The minimum Gasteiger partial charge on any atom is -0.466 e. The van der Waals surface area contributed by atoms with Crippen LogP contribution >= 0.6 is 0 Å². The lowest BCUT2D eigenvalue weighted by Crippen LogP contribution is -2.39. The van der Waals surface area contributed by atoms with Crippen LogP contribution in [-0.4, -0.2) is 42.6 Å². The van der Waals surface area contributed by atoms with E-state index < -0.39 is 0 Å². The molecule has 2 N–H and O–H groups in total. The zero-order valence-electron chi connectivity index (χ0n) is 16.2. The number of carbonyl (C=O) groups is 2. The van der Waals surface area contributed by atoms with Crippen molar-refractivity contribution in [3.05, 3.63) is 65.7 Å². The number of benzene rings is 2. The van der Waals surface area contributed by atoms with Gasteiger partial charge in [-0.15, -0.1) is 0 Å². The summed E-state index contributed by atoms with van der Waals surface area (Å²) in [6.07, 6.45) is 1.18. The van der Waals surface area contributed by atoms with Gasteiger partial charge >= 0.3 is 12.0 Å². The maximum absolute atomic E-state index is 12.3. The number of hydrogen-bond donors (Lipinski definition) is 2. The smallest absolute Gasteiger partial charge is 0.319 e. The number of hydrogen-bond acceptors (Lipinski definition) is 4. The van der Waals surface area contributed by atoms with E-state index >= 15 is 0 Å². The molecule has 0 aliphatic carbocycles. The number of anilines is 1. The van der Waals surface area contributed by atoms with Crippen molar-refractivity contribution < 1.29 is 14.3 Å². The van der Waals surface area contributed by atoms with Crippen LogP contribution in [-0.2, 0) is 22.5 Å². The standard InChI is InChI=1S/C22H27N3O3/c1-2-28-21(26)14-17-8-10-19(11-9-17)23-22(27)24-20-12-13-25(16-20)15-18-6-4-3-5-7-18/h3-11,20H,2,12-16H2,1H3,(H2,23,24,27)/t20-/m0/s1. The Morgan fingerprint density at radius 3 is 2.54 bits per heavy atom. The summed E-state index contributed by atoms with van der Waals surface area (Å²) in [4.78, 5) is 26.1. The van der Waals surface area contributed by atoms with E-state index in [4.69, 9.17) is 4.74 Å². The predicted octanol–water partition coefficient (Wildman–Crippen LogP) is 3.19. The third-order valence-electron chi connectivity index (χ3n) is 4.72. The predicted molar refractivity (Wildman–Crippen MR) is 109 cm³/mol. The van der Waals surface area contributed by atoms with Crippen molar-refractivity contribution in [2.75, 3.05) is 25.0 Å². The summed E-state index contributed by atoms with van der Waals surface area (Å²) < 4.78 is 4.94. The Kier molecular flexibility index (Phi) is 7.03. The SMILES string of the molecule is CCOC(=O)Cc1ccc(NC(=O)N[C@H]2CCN(Cc3ccccc3)C2)cc1. The number of nitrogens with one attached hydrogen (secondary N) is 2. The summed E-state index contributed by atoms with van der Waals surface area (Å²) >= 11 is 0. The molecule has 1 fully saturated rings. The molecule has 0 aromatic heterocycles. The van der Waals surface area contributed by atoms with Crippen molar-refractivity contribution in [2.45, 2.75) is 32.4 Å². The van der Waals surface area contributed by atoms with Gasteiger partial charge in [-0.3, -0.25) is 9.69 Å². The number of carbonyl (C=O) groups excluding carboxylic acids is 2. The Labute approximate surface area is 165 Å². The molecule has 148 valence electrons. The number of nitrogens with zero attached hydrogens (tertiary/aromatic N) is 1. The van der Waals surface area contributed by atoms with Crippen molar-refractivity contribution in [3.63, 3.8) is 0 Å². The van der Waals surface area contributed by atoms with Gasteiger partial charge in [0.15, 0.2) is 0 Å². The molecule has 0 spiro atoms. The lowest BCUT2D eigenvalue weighted by Gasteiger charge is -2.17. The molecule has 0 saturated carbocycles. The van der Waals surface area contributed by atoms with Crippen LogP contribution in [0.5, 0.6) is 0 Å². The monoisotopic (exact) mass is 381 g/mol. The van der Waals surface area contributed by atoms with Crippen LogP contribution in [0.2, 0.25) is 0 Å². The van der Waals surface area contributed by atoms with E-state index in [2.05, 4.69) is 27.7 Å². The van der Waals surface area contributed by atoms with Gasteiger partial charge in [0, 0.05) is 31.4 Å². The van der Waals surface area contributed by atoms with Gasteiger partial charge in [0.25, 0.3) is 0 Å². The Hall–Kier alpha value is -2.86. The summed E-state index contributed by atoms with van der Waals surface area (Å²) in [5, 5.41) is 5.90. The molecule has 2 amide bonds. The van der Waals surface area contributed by atoms with Gasteiger partial charge in [0.1, 0.15) is 0 Å². The van der Waals surface area contributed by atoms with Crippen molar-refractivity contribution in [3.8, 4) is 0 Å². The third kappa shape index (κ3) is 6.09. The molecular formula is C22H27N3O3. The summed E-state index contributed by atoms with van der Waals surface area (Å²) in [5.41, 5.74) is 2.84. The molecule has 0 radical (unpaired) electrons. The molecule has 28 heavy (non-hydrogen) atoms. The number of ether oxygens (including phenoxy) is 1. The fourth-order valence-electron chi connectivity index (χ4n) is 3.37. The second kappa shape index (κ2) is 9.90. The van der Waals surface area contributed by atoms with Crippen molar-refractivity contribution in [1.82, 2.24) is 10.2 Å². The van der Waals surface area contributed by atoms with Crippen LogP contribution in [0.4, 0.5) is 10.5 Å². The zero-order valence-corrected chi connectivity index (χ0v) is 16.2. The van der Waals surface area contributed by atoms with Crippen molar-refractivity contribution in [2.24, 2.45) is 0 Å². The van der Waals surface area contributed by atoms with Crippen LogP contribution in [0, 0.1) is 0 Å². The Balaban J connectivity index is 1.42. The molecule has 3 rings (SSSR count). The average molecular weight is 381 g/mol.